The zero-order valence-corrected chi connectivity index (χ0v) is 12.7. The highest BCUT2D eigenvalue weighted by atomic mass is 35.5. The van der Waals surface area contributed by atoms with Crippen LogP contribution in [-0.2, 0) is 6.42 Å². The maximum Gasteiger partial charge on any atom is 0.124 e. The number of benzene rings is 1. The van der Waals surface area contributed by atoms with Gasteiger partial charge in [0.05, 0.1) is 13.2 Å². The molecule has 0 fully saturated rings. The van der Waals surface area contributed by atoms with E-state index in [4.69, 9.17) is 16.3 Å². The Morgan fingerprint density at radius 3 is 3.05 bits per heavy atom. The number of ether oxygens (including phenoxy) is 1. The number of halogens is 1. The third-order valence-electron chi connectivity index (χ3n) is 4.13. The largest absolute Gasteiger partial charge is 0.496 e. The van der Waals surface area contributed by atoms with Gasteiger partial charge in [0.2, 0.25) is 0 Å². The molecule has 1 aromatic heterocycles. The first-order valence-electron chi connectivity index (χ1n) is 7.16. The molecule has 0 saturated heterocycles. The van der Waals surface area contributed by atoms with E-state index in [1.54, 1.807) is 31.5 Å². The fraction of sp³-hybridized carbons (Fsp3) is 0.353. The van der Waals surface area contributed by atoms with E-state index in [1.807, 2.05) is 6.07 Å². The Morgan fingerprint density at radius 1 is 1.38 bits per heavy atom. The van der Waals surface area contributed by atoms with Gasteiger partial charge in [-0.2, -0.15) is 0 Å². The predicted molar refractivity (Wildman–Crippen MR) is 82.9 cm³/mol. The van der Waals surface area contributed by atoms with Gasteiger partial charge in [0, 0.05) is 28.4 Å². The van der Waals surface area contributed by atoms with Crippen LogP contribution >= 0.6 is 11.6 Å². The third kappa shape index (κ3) is 2.76. The zero-order chi connectivity index (χ0) is 14.8. The van der Waals surface area contributed by atoms with Crippen molar-refractivity contribution >= 4 is 11.6 Å². The quantitative estimate of drug-likeness (QED) is 0.935. The first-order chi connectivity index (χ1) is 10.2. The van der Waals surface area contributed by atoms with Crippen LogP contribution in [0.5, 0.6) is 5.75 Å². The maximum absolute atomic E-state index is 10.8. The maximum atomic E-state index is 10.8. The number of aromatic nitrogens is 1. The number of aliphatic hydroxyl groups excluding tert-OH is 1. The summed E-state index contributed by atoms with van der Waals surface area (Å²) in [4.78, 5) is 4.49. The predicted octanol–water partition coefficient (Wildman–Crippen LogP) is 3.90. The number of fused-ring (bicyclic) bond motifs is 1. The summed E-state index contributed by atoms with van der Waals surface area (Å²) in [6.45, 7) is 0. The number of methoxy groups -OCH3 is 1. The standard InChI is InChI=1S/C17H18ClNO2/c1-21-15-8-7-12(18)10-14(15)17(20)13-6-2-4-11-5-3-9-19-16(11)13/h3,5,7-10,13,17,20H,2,4,6H2,1H3. The number of aliphatic hydroxyl groups is 1. The molecule has 1 N–H and O–H groups in total. The van der Waals surface area contributed by atoms with Gasteiger partial charge in [-0.15, -0.1) is 0 Å². The summed E-state index contributed by atoms with van der Waals surface area (Å²) >= 11 is 6.07. The van der Waals surface area contributed by atoms with Crippen LogP contribution in [0, 0.1) is 0 Å². The topological polar surface area (TPSA) is 42.4 Å². The molecule has 0 amide bonds. The normalized spacial score (nSPS) is 18.9. The van der Waals surface area contributed by atoms with Crippen molar-refractivity contribution in [3.8, 4) is 5.75 Å². The molecule has 21 heavy (non-hydrogen) atoms. The second-order valence-corrected chi connectivity index (χ2v) is 5.81. The Hall–Kier alpha value is -1.58. The van der Waals surface area contributed by atoms with Crippen LogP contribution in [0.2, 0.25) is 5.02 Å². The summed E-state index contributed by atoms with van der Waals surface area (Å²) in [5.41, 5.74) is 2.96. The van der Waals surface area contributed by atoms with E-state index >= 15 is 0 Å². The monoisotopic (exact) mass is 303 g/mol. The van der Waals surface area contributed by atoms with Gasteiger partial charge in [-0.3, -0.25) is 4.98 Å². The molecule has 2 aromatic rings. The SMILES string of the molecule is COc1ccc(Cl)cc1C(O)C1CCCc2cccnc21. The Labute approximate surface area is 129 Å². The molecular formula is C17H18ClNO2. The number of nitrogens with zero attached hydrogens (tertiary/aromatic N) is 1. The lowest BCUT2D eigenvalue weighted by atomic mass is 9.81. The molecule has 2 atom stereocenters. The average Bonchev–Trinajstić information content (AvgIpc) is 2.53. The Balaban J connectivity index is 2.00. The molecule has 0 aliphatic heterocycles. The Kier molecular flexibility index (Phi) is 4.13. The van der Waals surface area contributed by atoms with Gasteiger partial charge in [0.25, 0.3) is 0 Å². The van der Waals surface area contributed by atoms with Crippen LogP contribution in [0.4, 0.5) is 0 Å². The molecule has 4 heteroatoms. The molecule has 0 spiro atoms. The Morgan fingerprint density at radius 2 is 2.24 bits per heavy atom. The van der Waals surface area contributed by atoms with Crippen molar-refractivity contribution in [1.82, 2.24) is 4.98 Å². The molecule has 3 rings (SSSR count). The zero-order valence-electron chi connectivity index (χ0n) is 11.9. The minimum atomic E-state index is -0.660. The first kappa shape index (κ1) is 14.4. The summed E-state index contributed by atoms with van der Waals surface area (Å²) in [5, 5.41) is 11.4. The number of hydrogen-bond donors (Lipinski definition) is 1. The van der Waals surface area contributed by atoms with Crippen LogP contribution in [0.1, 0.15) is 41.7 Å². The molecule has 1 aliphatic rings. The first-order valence-corrected chi connectivity index (χ1v) is 7.54. The molecule has 3 nitrogen and oxygen atoms in total. The van der Waals surface area contributed by atoms with Crippen molar-refractivity contribution in [3.05, 3.63) is 58.4 Å². The lowest BCUT2D eigenvalue weighted by Gasteiger charge is -2.29. The van der Waals surface area contributed by atoms with Crippen molar-refractivity contribution in [2.75, 3.05) is 7.11 Å². The van der Waals surface area contributed by atoms with Gasteiger partial charge in [-0.05, 0) is 49.1 Å². The summed E-state index contributed by atoms with van der Waals surface area (Å²) in [5.74, 6) is 0.650. The van der Waals surface area contributed by atoms with E-state index in [0.29, 0.717) is 10.8 Å². The highest BCUT2D eigenvalue weighted by molar-refractivity contribution is 6.30. The summed E-state index contributed by atoms with van der Waals surface area (Å²) in [7, 11) is 1.60. The minimum absolute atomic E-state index is 0.0117. The molecule has 1 aliphatic carbocycles. The van der Waals surface area contributed by atoms with Crippen molar-refractivity contribution in [3.63, 3.8) is 0 Å². The van der Waals surface area contributed by atoms with Crippen LogP contribution < -0.4 is 4.74 Å². The number of pyridine rings is 1. The van der Waals surface area contributed by atoms with Gasteiger partial charge >= 0.3 is 0 Å². The Bertz CT molecular complexity index is 644. The highest BCUT2D eigenvalue weighted by Gasteiger charge is 2.30. The smallest absolute Gasteiger partial charge is 0.124 e. The molecule has 0 saturated carbocycles. The van der Waals surface area contributed by atoms with E-state index in [0.717, 1.165) is 30.5 Å². The molecule has 1 heterocycles. The van der Waals surface area contributed by atoms with Crippen LogP contribution in [-0.4, -0.2) is 17.2 Å². The van der Waals surface area contributed by atoms with Crippen molar-refractivity contribution < 1.29 is 9.84 Å². The van der Waals surface area contributed by atoms with Crippen LogP contribution in [0.25, 0.3) is 0 Å². The third-order valence-corrected chi connectivity index (χ3v) is 4.37. The van der Waals surface area contributed by atoms with E-state index in [9.17, 15) is 5.11 Å². The highest BCUT2D eigenvalue weighted by Crippen LogP contribution is 2.42. The molecule has 1 aromatic carbocycles. The van der Waals surface area contributed by atoms with E-state index in [-0.39, 0.29) is 5.92 Å². The molecule has 0 bridgehead atoms. The van der Waals surface area contributed by atoms with E-state index in [1.165, 1.54) is 5.56 Å². The van der Waals surface area contributed by atoms with Crippen LogP contribution in [0.3, 0.4) is 0 Å². The summed E-state index contributed by atoms with van der Waals surface area (Å²) in [6, 6.07) is 9.39. The number of aryl methyl sites for hydroxylation is 1. The van der Waals surface area contributed by atoms with Gasteiger partial charge < -0.3 is 9.84 Å². The van der Waals surface area contributed by atoms with Gasteiger partial charge in [-0.1, -0.05) is 17.7 Å². The van der Waals surface area contributed by atoms with Gasteiger partial charge in [0.1, 0.15) is 5.75 Å². The van der Waals surface area contributed by atoms with Crippen molar-refractivity contribution in [2.45, 2.75) is 31.3 Å². The van der Waals surface area contributed by atoms with E-state index in [2.05, 4.69) is 11.1 Å². The number of hydrogen-bond acceptors (Lipinski definition) is 3. The summed E-state index contributed by atoms with van der Waals surface area (Å²) < 4.78 is 5.36. The summed E-state index contributed by atoms with van der Waals surface area (Å²) in [6.07, 6.45) is 4.13. The second kappa shape index (κ2) is 6.04. The molecule has 2 unspecified atom stereocenters. The fourth-order valence-electron chi connectivity index (χ4n) is 3.11. The van der Waals surface area contributed by atoms with Crippen molar-refractivity contribution in [1.29, 1.82) is 0 Å². The van der Waals surface area contributed by atoms with E-state index < -0.39 is 6.10 Å². The van der Waals surface area contributed by atoms with Gasteiger partial charge in [-0.25, -0.2) is 0 Å². The van der Waals surface area contributed by atoms with Crippen LogP contribution in [0.15, 0.2) is 36.5 Å². The average molecular weight is 304 g/mol. The van der Waals surface area contributed by atoms with Crippen molar-refractivity contribution in [2.24, 2.45) is 0 Å². The fourth-order valence-corrected chi connectivity index (χ4v) is 3.29. The molecule has 0 radical (unpaired) electrons. The second-order valence-electron chi connectivity index (χ2n) is 5.38. The minimum Gasteiger partial charge on any atom is -0.496 e. The lowest BCUT2D eigenvalue weighted by molar-refractivity contribution is 0.130. The number of rotatable bonds is 3. The van der Waals surface area contributed by atoms with Gasteiger partial charge in [0.15, 0.2) is 0 Å². The lowest BCUT2D eigenvalue weighted by Crippen LogP contribution is -2.19. The molecule has 110 valence electrons. The molecular weight excluding hydrogens is 286 g/mol.